The summed E-state index contributed by atoms with van der Waals surface area (Å²) in [5.41, 5.74) is 6.20. The van der Waals surface area contributed by atoms with Gasteiger partial charge < -0.3 is 16.0 Å². The van der Waals surface area contributed by atoms with Crippen LogP contribution in [0.15, 0.2) is 42.7 Å². The van der Waals surface area contributed by atoms with Crippen LogP contribution in [0.25, 0.3) is 0 Å². The second kappa shape index (κ2) is 7.88. The third-order valence-electron chi connectivity index (χ3n) is 3.28. The van der Waals surface area contributed by atoms with Gasteiger partial charge in [-0.15, -0.1) is 0 Å². The van der Waals surface area contributed by atoms with E-state index < -0.39 is 5.91 Å². The largest absolute Gasteiger partial charge is 0.366 e. The number of anilines is 2. The van der Waals surface area contributed by atoms with E-state index in [0.717, 1.165) is 0 Å². The highest BCUT2D eigenvalue weighted by molar-refractivity contribution is 5.94. The van der Waals surface area contributed by atoms with Crippen LogP contribution in [0.2, 0.25) is 0 Å². The van der Waals surface area contributed by atoms with Crippen molar-refractivity contribution in [2.24, 2.45) is 5.73 Å². The first-order chi connectivity index (χ1) is 11.1. The van der Waals surface area contributed by atoms with Crippen LogP contribution in [0.3, 0.4) is 0 Å². The van der Waals surface area contributed by atoms with E-state index in [4.69, 9.17) is 5.73 Å². The maximum Gasteiger partial charge on any atom is 0.248 e. The lowest BCUT2D eigenvalue weighted by Gasteiger charge is -2.20. The van der Waals surface area contributed by atoms with Gasteiger partial charge in [-0.1, -0.05) is 0 Å². The quantitative estimate of drug-likeness (QED) is 0.805. The maximum atomic E-state index is 12.0. The van der Waals surface area contributed by atoms with Crippen LogP contribution in [0.5, 0.6) is 0 Å². The van der Waals surface area contributed by atoms with Crippen molar-refractivity contribution < 1.29 is 9.59 Å². The lowest BCUT2D eigenvalue weighted by Crippen LogP contribution is -2.29. The average molecular weight is 313 g/mol. The highest BCUT2D eigenvalue weighted by atomic mass is 16.2. The minimum Gasteiger partial charge on any atom is -0.366 e. The summed E-state index contributed by atoms with van der Waals surface area (Å²) in [6.07, 6.45) is 3.65. The molecular formula is C16H19N5O2. The topological polar surface area (TPSA) is 101 Å². The van der Waals surface area contributed by atoms with Gasteiger partial charge >= 0.3 is 0 Å². The van der Waals surface area contributed by atoms with Gasteiger partial charge in [-0.05, 0) is 37.3 Å². The molecule has 0 radical (unpaired) electrons. The molecule has 0 aliphatic rings. The number of nitrogens with one attached hydrogen (secondary N) is 1. The summed E-state index contributed by atoms with van der Waals surface area (Å²) < 4.78 is 0. The normalized spacial score (nSPS) is 10.1. The van der Waals surface area contributed by atoms with Crippen LogP contribution >= 0.6 is 0 Å². The number of amides is 2. The molecule has 1 aromatic carbocycles. The molecule has 2 aromatic rings. The Bertz CT molecular complexity index is 658. The molecule has 1 aromatic heterocycles. The fourth-order valence-electron chi connectivity index (χ4n) is 2.03. The first kappa shape index (κ1) is 16.4. The van der Waals surface area contributed by atoms with Gasteiger partial charge in [0.15, 0.2) is 0 Å². The van der Waals surface area contributed by atoms with Crippen molar-refractivity contribution in [1.82, 2.24) is 9.97 Å². The predicted octanol–water partition coefficient (Wildman–Crippen LogP) is 1.43. The minimum absolute atomic E-state index is 0.119. The van der Waals surface area contributed by atoms with Crippen molar-refractivity contribution >= 4 is 23.5 Å². The molecule has 0 atom stereocenters. The molecule has 7 nitrogen and oxygen atoms in total. The molecular weight excluding hydrogens is 294 g/mol. The van der Waals surface area contributed by atoms with Crippen molar-refractivity contribution in [1.29, 1.82) is 0 Å². The third kappa shape index (κ3) is 4.77. The van der Waals surface area contributed by atoms with Gasteiger partial charge in [-0.2, -0.15) is 0 Å². The van der Waals surface area contributed by atoms with Crippen LogP contribution in [-0.2, 0) is 4.79 Å². The fourth-order valence-corrected chi connectivity index (χ4v) is 2.03. The molecule has 0 bridgehead atoms. The third-order valence-corrected chi connectivity index (χ3v) is 3.28. The summed E-state index contributed by atoms with van der Waals surface area (Å²) in [5, 5.41) is 2.78. The Kier molecular flexibility index (Phi) is 5.62. The number of benzene rings is 1. The number of hydrogen-bond acceptors (Lipinski definition) is 5. The number of carbonyl (C=O) groups is 2. The van der Waals surface area contributed by atoms with Crippen LogP contribution < -0.4 is 16.0 Å². The van der Waals surface area contributed by atoms with E-state index >= 15 is 0 Å². The zero-order valence-electron chi connectivity index (χ0n) is 12.9. The van der Waals surface area contributed by atoms with Crippen molar-refractivity contribution in [2.75, 3.05) is 23.3 Å². The van der Waals surface area contributed by atoms with E-state index in [1.807, 2.05) is 11.8 Å². The van der Waals surface area contributed by atoms with E-state index in [1.165, 1.54) is 0 Å². The lowest BCUT2D eigenvalue weighted by atomic mass is 10.2. The summed E-state index contributed by atoms with van der Waals surface area (Å²) in [6, 6.07) is 8.20. The monoisotopic (exact) mass is 313 g/mol. The van der Waals surface area contributed by atoms with Gasteiger partial charge in [-0.3, -0.25) is 9.59 Å². The summed E-state index contributed by atoms with van der Waals surface area (Å²) in [4.78, 5) is 33.3. The highest BCUT2D eigenvalue weighted by Crippen LogP contribution is 2.10. The Hall–Kier alpha value is -2.96. The Morgan fingerprint density at radius 1 is 1.17 bits per heavy atom. The van der Waals surface area contributed by atoms with Gasteiger partial charge in [0.1, 0.15) is 0 Å². The van der Waals surface area contributed by atoms with Gasteiger partial charge in [-0.25, -0.2) is 9.97 Å². The summed E-state index contributed by atoms with van der Waals surface area (Å²) in [6.45, 7) is 3.22. The van der Waals surface area contributed by atoms with E-state index in [2.05, 4.69) is 15.3 Å². The van der Waals surface area contributed by atoms with E-state index in [9.17, 15) is 9.59 Å². The number of carbonyl (C=O) groups excluding carboxylic acids is 2. The summed E-state index contributed by atoms with van der Waals surface area (Å²) in [5.74, 6) is -0.0101. The molecule has 0 fully saturated rings. The van der Waals surface area contributed by atoms with E-state index in [0.29, 0.717) is 36.7 Å². The maximum absolute atomic E-state index is 12.0. The SMILES string of the molecule is CCN(CCC(=O)Nc1ccc(C(N)=O)cc1)c1ncccn1. The van der Waals surface area contributed by atoms with Gasteiger partial charge in [0.2, 0.25) is 17.8 Å². The van der Waals surface area contributed by atoms with E-state index in [-0.39, 0.29) is 5.91 Å². The van der Waals surface area contributed by atoms with Gasteiger partial charge in [0.25, 0.3) is 0 Å². The lowest BCUT2D eigenvalue weighted by molar-refractivity contribution is -0.116. The first-order valence-corrected chi connectivity index (χ1v) is 7.32. The molecule has 0 saturated carbocycles. The smallest absolute Gasteiger partial charge is 0.248 e. The van der Waals surface area contributed by atoms with Crippen molar-refractivity contribution in [2.45, 2.75) is 13.3 Å². The number of rotatable bonds is 7. The molecule has 120 valence electrons. The number of hydrogen-bond donors (Lipinski definition) is 2. The number of aromatic nitrogens is 2. The molecule has 7 heteroatoms. The Morgan fingerprint density at radius 2 is 1.83 bits per heavy atom. The molecule has 2 amide bonds. The highest BCUT2D eigenvalue weighted by Gasteiger charge is 2.10. The molecule has 23 heavy (non-hydrogen) atoms. The van der Waals surface area contributed by atoms with Crippen LogP contribution in [0.4, 0.5) is 11.6 Å². The molecule has 1 heterocycles. The van der Waals surface area contributed by atoms with Gasteiger partial charge in [0.05, 0.1) is 0 Å². The Balaban J connectivity index is 1.88. The average Bonchev–Trinajstić information content (AvgIpc) is 2.57. The molecule has 0 unspecified atom stereocenters. The minimum atomic E-state index is -0.496. The Labute approximate surface area is 134 Å². The molecule has 0 aliphatic carbocycles. The standard InChI is InChI=1S/C16H19N5O2/c1-2-21(16-18-9-3-10-19-16)11-8-14(22)20-13-6-4-12(5-7-13)15(17)23/h3-7,9-10H,2,8,11H2,1H3,(H2,17,23)(H,20,22). The second-order valence-corrected chi connectivity index (χ2v) is 4.87. The van der Waals surface area contributed by atoms with Crippen LogP contribution in [0.1, 0.15) is 23.7 Å². The van der Waals surface area contributed by atoms with Gasteiger partial charge in [0, 0.05) is 43.2 Å². The second-order valence-electron chi connectivity index (χ2n) is 4.87. The first-order valence-electron chi connectivity index (χ1n) is 7.32. The number of primary amides is 1. The fraction of sp³-hybridized carbons (Fsp3) is 0.250. The predicted molar refractivity (Wildman–Crippen MR) is 88.1 cm³/mol. The zero-order chi connectivity index (χ0) is 16.7. The Morgan fingerprint density at radius 3 is 2.39 bits per heavy atom. The number of nitrogens with two attached hydrogens (primary N) is 1. The zero-order valence-corrected chi connectivity index (χ0v) is 12.9. The van der Waals surface area contributed by atoms with Crippen LogP contribution in [0, 0.1) is 0 Å². The summed E-state index contributed by atoms with van der Waals surface area (Å²) in [7, 11) is 0. The van der Waals surface area contributed by atoms with Crippen molar-refractivity contribution in [3.05, 3.63) is 48.3 Å². The molecule has 3 N–H and O–H groups in total. The molecule has 2 rings (SSSR count). The number of nitrogens with zero attached hydrogens (tertiary/aromatic N) is 3. The van der Waals surface area contributed by atoms with Crippen LogP contribution in [-0.4, -0.2) is 34.9 Å². The van der Waals surface area contributed by atoms with E-state index in [1.54, 1.807) is 42.7 Å². The van der Waals surface area contributed by atoms with Crippen molar-refractivity contribution in [3.63, 3.8) is 0 Å². The van der Waals surface area contributed by atoms with Crippen molar-refractivity contribution in [3.8, 4) is 0 Å². The summed E-state index contributed by atoms with van der Waals surface area (Å²) >= 11 is 0. The molecule has 0 saturated heterocycles. The molecule has 0 aliphatic heterocycles. The molecule has 0 spiro atoms.